The molecule has 0 amide bonds. The van der Waals surface area contributed by atoms with Crippen LogP contribution in [0.4, 0.5) is 0 Å². The second-order valence-corrected chi connectivity index (χ2v) is 5.69. The van der Waals surface area contributed by atoms with Crippen molar-refractivity contribution in [1.29, 1.82) is 0 Å². The summed E-state index contributed by atoms with van der Waals surface area (Å²) in [5, 5.41) is 11.2. The van der Waals surface area contributed by atoms with Gasteiger partial charge >= 0.3 is 0 Å². The molecule has 21 heavy (non-hydrogen) atoms. The van der Waals surface area contributed by atoms with E-state index in [9.17, 15) is 5.11 Å². The van der Waals surface area contributed by atoms with E-state index in [1.807, 2.05) is 43.3 Å². The van der Waals surface area contributed by atoms with Gasteiger partial charge in [-0.3, -0.25) is 0 Å². The number of hydrogen-bond acceptors (Lipinski definition) is 2. The van der Waals surface area contributed by atoms with Crippen LogP contribution in [0, 0.1) is 0 Å². The van der Waals surface area contributed by atoms with Crippen molar-refractivity contribution in [3.05, 3.63) is 65.2 Å². The number of hydrogen-bond donors (Lipinski definition) is 1. The van der Waals surface area contributed by atoms with Crippen LogP contribution in [0.5, 0.6) is 5.75 Å². The zero-order valence-corrected chi connectivity index (χ0v) is 13.3. The Labute approximate surface area is 127 Å². The number of rotatable bonds is 5. The molecule has 2 aromatic rings. The van der Waals surface area contributed by atoms with Gasteiger partial charge in [-0.05, 0) is 29.5 Å². The summed E-state index contributed by atoms with van der Waals surface area (Å²) in [6.07, 6.45) is 0.592. The van der Waals surface area contributed by atoms with Crippen LogP contribution in [-0.2, 0) is 5.60 Å². The van der Waals surface area contributed by atoms with E-state index in [-0.39, 0.29) is 0 Å². The van der Waals surface area contributed by atoms with Crippen LogP contribution in [0.2, 0.25) is 0 Å². The van der Waals surface area contributed by atoms with Gasteiger partial charge in [-0.15, -0.1) is 0 Å². The van der Waals surface area contributed by atoms with Crippen molar-refractivity contribution < 1.29 is 9.84 Å². The van der Waals surface area contributed by atoms with E-state index >= 15 is 0 Å². The molecule has 1 N–H and O–H groups in total. The highest BCUT2D eigenvalue weighted by Gasteiger charge is 2.32. The number of para-hydroxylation sites is 1. The van der Waals surface area contributed by atoms with Crippen molar-refractivity contribution in [3.8, 4) is 5.75 Å². The second-order valence-electron chi connectivity index (χ2n) is 5.69. The summed E-state index contributed by atoms with van der Waals surface area (Å²) in [4.78, 5) is 0. The largest absolute Gasteiger partial charge is 0.496 e. The minimum absolute atomic E-state index is 0.486. The van der Waals surface area contributed by atoms with Gasteiger partial charge in [0.25, 0.3) is 0 Å². The quantitative estimate of drug-likeness (QED) is 0.878. The standard InChI is InChI=1S/C19H24O2/c1-5-19(20,17-8-6-7-9-18(17)21-4)16-12-10-15(11-13-16)14(2)3/h6-14,20H,5H2,1-4H3/t19-/m0/s1. The highest BCUT2D eigenvalue weighted by Crippen LogP contribution is 2.38. The SMILES string of the molecule is CC[C@](O)(c1ccc(C(C)C)cc1)c1ccccc1OC. The first-order valence-electron chi connectivity index (χ1n) is 7.49. The Morgan fingerprint density at radius 2 is 1.67 bits per heavy atom. The lowest BCUT2D eigenvalue weighted by Crippen LogP contribution is -2.27. The summed E-state index contributed by atoms with van der Waals surface area (Å²) < 4.78 is 5.42. The maximum Gasteiger partial charge on any atom is 0.125 e. The van der Waals surface area contributed by atoms with Crippen molar-refractivity contribution >= 4 is 0 Å². The Morgan fingerprint density at radius 1 is 1.05 bits per heavy atom. The molecule has 0 aliphatic rings. The molecule has 2 aromatic carbocycles. The summed E-state index contributed by atoms with van der Waals surface area (Å²) in [6.45, 7) is 6.32. The zero-order valence-electron chi connectivity index (χ0n) is 13.3. The van der Waals surface area contributed by atoms with Crippen molar-refractivity contribution in [2.24, 2.45) is 0 Å². The summed E-state index contributed by atoms with van der Waals surface area (Å²) in [5.41, 5.74) is 1.96. The van der Waals surface area contributed by atoms with Crippen LogP contribution in [0.3, 0.4) is 0 Å². The minimum atomic E-state index is -1.03. The molecule has 0 heterocycles. The van der Waals surface area contributed by atoms with Gasteiger partial charge in [-0.1, -0.05) is 63.2 Å². The lowest BCUT2D eigenvalue weighted by Gasteiger charge is -2.29. The van der Waals surface area contributed by atoms with Gasteiger partial charge in [-0.25, -0.2) is 0 Å². The number of aliphatic hydroxyl groups is 1. The zero-order chi connectivity index (χ0) is 15.5. The third-order valence-corrected chi connectivity index (χ3v) is 4.12. The van der Waals surface area contributed by atoms with E-state index in [1.165, 1.54) is 5.56 Å². The fourth-order valence-corrected chi connectivity index (χ4v) is 2.68. The predicted octanol–water partition coefficient (Wildman–Crippen LogP) is 4.46. The molecule has 0 unspecified atom stereocenters. The van der Waals surface area contributed by atoms with E-state index in [4.69, 9.17) is 4.74 Å². The van der Waals surface area contributed by atoms with Crippen LogP contribution >= 0.6 is 0 Å². The van der Waals surface area contributed by atoms with Gasteiger partial charge in [0.1, 0.15) is 11.4 Å². The summed E-state index contributed by atoms with van der Waals surface area (Å²) in [5.74, 6) is 1.20. The van der Waals surface area contributed by atoms with Gasteiger partial charge in [0.15, 0.2) is 0 Å². The van der Waals surface area contributed by atoms with Crippen molar-refractivity contribution in [1.82, 2.24) is 0 Å². The van der Waals surface area contributed by atoms with Crippen molar-refractivity contribution in [2.45, 2.75) is 38.7 Å². The summed E-state index contributed by atoms with van der Waals surface area (Å²) in [7, 11) is 1.64. The first-order chi connectivity index (χ1) is 10.0. The third-order valence-electron chi connectivity index (χ3n) is 4.12. The number of methoxy groups -OCH3 is 1. The molecule has 112 valence electrons. The lowest BCUT2D eigenvalue weighted by atomic mass is 9.83. The molecule has 0 saturated carbocycles. The summed E-state index contributed by atoms with van der Waals surface area (Å²) >= 11 is 0. The molecule has 0 aliphatic heterocycles. The van der Waals surface area contributed by atoms with E-state index in [0.29, 0.717) is 12.3 Å². The maximum atomic E-state index is 11.2. The molecule has 0 bridgehead atoms. The Bertz CT molecular complexity index is 587. The highest BCUT2D eigenvalue weighted by atomic mass is 16.5. The van der Waals surface area contributed by atoms with Crippen LogP contribution in [-0.4, -0.2) is 12.2 Å². The maximum absolute atomic E-state index is 11.2. The average Bonchev–Trinajstić information content (AvgIpc) is 2.54. The third kappa shape index (κ3) is 2.96. The van der Waals surface area contributed by atoms with Crippen molar-refractivity contribution in [3.63, 3.8) is 0 Å². The van der Waals surface area contributed by atoms with E-state index in [1.54, 1.807) is 7.11 Å². The monoisotopic (exact) mass is 284 g/mol. The van der Waals surface area contributed by atoms with Crippen LogP contribution in [0.1, 0.15) is 49.8 Å². The van der Waals surface area contributed by atoms with Crippen LogP contribution in [0.15, 0.2) is 48.5 Å². The van der Waals surface area contributed by atoms with Crippen LogP contribution in [0.25, 0.3) is 0 Å². The molecule has 0 aromatic heterocycles. The predicted molar refractivity (Wildman–Crippen MR) is 86.8 cm³/mol. The molecule has 2 heteroatoms. The van der Waals surface area contributed by atoms with Gasteiger partial charge in [0, 0.05) is 5.56 Å². The average molecular weight is 284 g/mol. The fourth-order valence-electron chi connectivity index (χ4n) is 2.68. The normalized spacial score (nSPS) is 14.0. The van der Waals surface area contributed by atoms with Crippen molar-refractivity contribution in [2.75, 3.05) is 7.11 Å². The molecule has 0 radical (unpaired) electrons. The molecule has 2 nitrogen and oxygen atoms in total. The molecular weight excluding hydrogens is 260 g/mol. The number of benzene rings is 2. The highest BCUT2D eigenvalue weighted by molar-refractivity contribution is 5.45. The molecule has 2 rings (SSSR count). The fraction of sp³-hybridized carbons (Fsp3) is 0.368. The smallest absolute Gasteiger partial charge is 0.125 e. The van der Waals surface area contributed by atoms with Crippen LogP contribution < -0.4 is 4.74 Å². The second kappa shape index (κ2) is 6.31. The molecule has 0 fully saturated rings. The van der Waals surface area contributed by atoms with Gasteiger partial charge < -0.3 is 9.84 Å². The molecular formula is C19H24O2. The Morgan fingerprint density at radius 3 is 2.19 bits per heavy atom. The van der Waals surface area contributed by atoms with Gasteiger partial charge in [0.2, 0.25) is 0 Å². The van der Waals surface area contributed by atoms with E-state index < -0.39 is 5.60 Å². The van der Waals surface area contributed by atoms with E-state index in [2.05, 4.69) is 26.0 Å². The molecule has 0 saturated heterocycles. The molecule has 0 spiro atoms. The number of ether oxygens (including phenoxy) is 1. The summed E-state index contributed by atoms with van der Waals surface area (Å²) in [6, 6.07) is 15.9. The Hall–Kier alpha value is -1.80. The van der Waals surface area contributed by atoms with E-state index in [0.717, 1.165) is 16.9 Å². The molecule has 1 atom stereocenters. The Balaban J connectivity index is 2.50. The first-order valence-corrected chi connectivity index (χ1v) is 7.49. The van der Waals surface area contributed by atoms with Gasteiger partial charge in [0.05, 0.1) is 7.11 Å². The topological polar surface area (TPSA) is 29.5 Å². The first kappa shape index (κ1) is 15.6. The van der Waals surface area contributed by atoms with Gasteiger partial charge in [-0.2, -0.15) is 0 Å². The Kier molecular flexibility index (Phi) is 4.69. The lowest BCUT2D eigenvalue weighted by molar-refractivity contribution is 0.0736. The molecule has 0 aliphatic carbocycles. The minimum Gasteiger partial charge on any atom is -0.496 e.